The molecule has 1 aliphatic heterocycles. The Balaban J connectivity index is 2.02. The Morgan fingerprint density at radius 1 is 1.48 bits per heavy atom. The summed E-state index contributed by atoms with van der Waals surface area (Å²) in [6.45, 7) is 3.14. The Bertz CT molecular complexity index is 521. The standard InChI is InChI=1S/C14H20N4O3/c1-10(19)18-5-6-21-13(9-18)12-8-16-7-11(17-12)3-4-14(20)15-2/h7-8,13H,3-6,9H2,1-2H3,(H,15,20). The molecule has 2 heterocycles. The van der Waals surface area contributed by atoms with Crippen molar-refractivity contribution in [1.82, 2.24) is 20.2 Å². The minimum atomic E-state index is -0.255. The van der Waals surface area contributed by atoms with E-state index >= 15 is 0 Å². The summed E-state index contributed by atoms with van der Waals surface area (Å²) >= 11 is 0. The lowest BCUT2D eigenvalue weighted by molar-refractivity contribution is -0.136. The van der Waals surface area contributed by atoms with E-state index in [1.54, 1.807) is 31.3 Å². The molecule has 1 aromatic rings. The van der Waals surface area contributed by atoms with Gasteiger partial charge >= 0.3 is 0 Å². The van der Waals surface area contributed by atoms with Crippen molar-refractivity contribution in [3.63, 3.8) is 0 Å². The molecule has 2 rings (SSSR count). The summed E-state index contributed by atoms with van der Waals surface area (Å²) in [5.74, 6) is 0.00547. The van der Waals surface area contributed by atoms with Gasteiger partial charge in [0.1, 0.15) is 6.10 Å². The highest BCUT2D eigenvalue weighted by Gasteiger charge is 2.24. The van der Waals surface area contributed by atoms with Crippen molar-refractivity contribution >= 4 is 11.8 Å². The number of ether oxygens (including phenoxy) is 1. The van der Waals surface area contributed by atoms with Gasteiger partial charge in [0.25, 0.3) is 0 Å². The van der Waals surface area contributed by atoms with Crippen molar-refractivity contribution in [3.05, 3.63) is 23.8 Å². The number of morpholine rings is 1. The summed E-state index contributed by atoms with van der Waals surface area (Å²) in [5, 5.41) is 2.58. The molecule has 21 heavy (non-hydrogen) atoms. The quantitative estimate of drug-likeness (QED) is 0.849. The first-order valence-corrected chi connectivity index (χ1v) is 6.98. The highest BCUT2D eigenvalue weighted by Crippen LogP contribution is 2.20. The molecular formula is C14H20N4O3. The third kappa shape index (κ3) is 4.22. The van der Waals surface area contributed by atoms with Gasteiger partial charge in [-0.3, -0.25) is 19.6 Å². The summed E-state index contributed by atoms with van der Waals surface area (Å²) in [6.07, 6.45) is 3.95. The fraction of sp³-hybridized carbons (Fsp3) is 0.571. The molecule has 0 radical (unpaired) electrons. The number of amides is 2. The van der Waals surface area contributed by atoms with E-state index < -0.39 is 0 Å². The molecule has 1 unspecified atom stereocenters. The van der Waals surface area contributed by atoms with Crippen LogP contribution < -0.4 is 5.32 Å². The van der Waals surface area contributed by atoms with Crippen LogP contribution in [0.3, 0.4) is 0 Å². The van der Waals surface area contributed by atoms with Gasteiger partial charge in [0.15, 0.2) is 0 Å². The molecule has 1 saturated heterocycles. The van der Waals surface area contributed by atoms with E-state index in [9.17, 15) is 9.59 Å². The van der Waals surface area contributed by atoms with Gasteiger partial charge in [0.05, 0.1) is 30.7 Å². The van der Waals surface area contributed by atoms with Crippen LogP contribution >= 0.6 is 0 Å². The molecular weight excluding hydrogens is 272 g/mol. The predicted molar refractivity (Wildman–Crippen MR) is 75.4 cm³/mol. The van der Waals surface area contributed by atoms with Crippen molar-refractivity contribution < 1.29 is 14.3 Å². The van der Waals surface area contributed by atoms with Crippen LogP contribution in [0.5, 0.6) is 0 Å². The zero-order chi connectivity index (χ0) is 15.2. The average molecular weight is 292 g/mol. The van der Waals surface area contributed by atoms with Gasteiger partial charge in [-0.1, -0.05) is 0 Å². The number of nitrogens with zero attached hydrogens (tertiary/aromatic N) is 3. The van der Waals surface area contributed by atoms with Crippen LogP contribution in [0.1, 0.15) is 30.8 Å². The number of carbonyl (C=O) groups is 2. The minimum Gasteiger partial charge on any atom is -0.368 e. The van der Waals surface area contributed by atoms with Crippen molar-refractivity contribution in [1.29, 1.82) is 0 Å². The fourth-order valence-corrected chi connectivity index (χ4v) is 2.18. The fourth-order valence-electron chi connectivity index (χ4n) is 2.18. The second kappa shape index (κ2) is 7.12. The lowest BCUT2D eigenvalue weighted by Crippen LogP contribution is -2.41. The van der Waals surface area contributed by atoms with Crippen LogP contribution in [-0.4, -0.2) is 53.4 Å². The van der Waals surface area contributed by atoms with E-state index in [2.05, 4.69) is 15.3 Å². The van der Waals surface area contributed by atoms with E-state index in [1.807, 2.05) is 0 Å². The number of carbonyl (C=O) groups excluding carboxylic acids is 2. The molecule has 0 aromatic carbocycles. The number of nitrogens with one attached hydrogen (secondary N) is 1. The summed E-state index contributed by atoms with van der Waals surface area (Å²) in [5.41, 5.74) is 1.45. The number of hydrogen-bond acceptors (Lipinski definition) is 5. The number of hydrogen-bond donors (Lipinski definition) is 1. The van der Waals surface area contributed by atoms with Crippen LogP contribution in [0.2, 0.25) is 0 Å². The van der Waals surface area contributed by atoms with Gasteiger partial charge in [-0.15, -0.1) is 0 Å². The van der Waals surface area contributed by atoms with E-state index in [4.69, 9.17) is 4.74 Å². The predicted octanol–water partition coefficient (Wildman–Crippen LogP) is 0.0750. The normalized spacial score (nSPS) is 18.4. The summed E-state index contributed by atoms with van der Waals surface area (Å²) < 4.78 is 5.67. The Kier molecular flexibility index (Phi) is 5.21. The molecule has 1 aliphatic rings. The molecule has 114 valence electrons. The second-order valence-corrected chi connectivity index (χ2v) is 4.93. The average Bonchev–Trinajstić information content (AvgIpc) is 2.53. The van der Waals surface area contributed by atoms with E-state index in [0.29, 0.717) is 38.2 Å². The second-order valence-electron chi connectivity index (χ2n) is 4.93. The molecule has 1 atom stereocenters. The van der Waals surface area contributed by atoms with Crippen molar-refractivity contribution in [3.8, 4) is 0 Å². The monoisotopic (exact) mass is 292 g/mol. The Labute approximate surface area is 123 Å². The Morgan fingerprint density at radius 3 is 3.00 bits per heavy atom. The maximum atomic E-state index is 11.4. The maximum absolute atomic E-state index is 11.4. The summed E-state index contributed by atoms with van der Waals surface area (Å²) in [7, 11) is 1.61. The molecule has 0 aliphatic carbocycles. The molecule has 7 heteroatoms. The van der Waals surface area contributed by atoms with Crippen LogP contribution in [-0.2, 0) is 20.7 Å². The van der Waals surface area contributed by atoms with Gasteiger partial charge in [-0.2, -0.15) is 0 Å². The highest BCUT2D eigenvalue weighted by molar-refractivity contribution is 5.75. The molecule has 1 aromatic heterocycles. The van der Waals surface area contributed by atoms with Crippen LogP contribution in [0.25, 0.3) is 0 Å². The van der Waals surface area contributed by atoms with Crippen LogP contribution in [0.15, 0.2) is 12.4 Å². The van der Waals surface area contributed by atoms with Gasteiger partial charge in [-0.05, 0) is 6.42 Å². The number of rotatable bonds is 4. The first-order chi connectivity index (χ1) is 10.1. The zero-order valence-electron chi connectivity index (χ0n) is 12.3. The molecule has 7 nitrogen and oxygen atoms in total. The SMILES string of the molecule is CNC(=O)CCc1cncc(C2CN(C(C)=O)CCO2)n1. The molecule has 0 bridgehead atoms. The molecule has 1 fully saturated rings. The van der Waals surface area contributed by atoms with E-state index in [1.165, 1.54) is 0 Å². The van der Waals surface area contributed by atoms with Crippen LogP contribution in [0, 0.1) is 0 Å². The van der Waals surface area contributed by atoms with E-state index in [-0.39, 0.29) is 17.9 Å². The molecule has 0 saturated carbocycles. The Hall–Kier alpha value is -2.02. The van der Waals surface area contributed by atoms with Gasteiger partial charge in [0.2, 0.25) is 11.8 Å². The lowest BCUT2D eigenvalue weighted by atomic mass is 10.2. The zero-order valence-corrected chi connectivity index (χ0v) is 12.3. The highest BCUT2D eigenvalue weighted by atomic mass is 16.5. The van der Waals surface area contributed by atoms with Gasteiger partial charge < -0.3 is 15.0 Å². The lowest BCUT2D eigenvalue weighted by Gasteiger charge is -2.31. The smallest absolute Gasteiger partial charge is 0.220 e. The summed E-state index contributed by atoms with van der Waals surface area (Å²) in [6, 6.07) is 0. The molecule has 0 spiro atoms. The molecule has 2 amide bonds. The Morgan fingerprint density at radius 2 is 2.29 bits per heavy atom. The number of aromatic nitrogens is 2. The minimum absolute atomic E-state index is 0.0288. The number of aryl methyl sites for hydroxylation is 1. The van der Waals surface area contributed by atoms with E-state index in [0.717, 1.165) is 5.69 Å². The van der Waals surface area contributed by atoms with Gasteiger partial charge in [0, 0.05) is 33.1 Å². The first-order valence-electron chi connectivity index (χ1n) is 6.98. The summed E-state index contributed by atoms with van der Waals surface area (Å²) in [4.78, 5) is 33.1. The topological polar surface area (TPSA) is 84.4 Å². The van der Waals surface area contributed by atoms with Crippen molar-refractivity contribution in [2.45, 2.75) is 25.9 Å². The third-order valence-corrected chi connectivity index (χ3v) is 3.43. The van der Waals surface area contributed by atoms with Gasteiger partial charge in [-0.25, -0.2) is 0 Å². The van der Waals surface area contributed by atoms with Crippen molar-refractivity contribution in [2.75, 3.05) is 26.7 Å². The molecule has 1 N–H and O–H groups in total. The van der Waals surface area contributed by atoms with Crippen LogP contribution in [0.4, 0.5) is 0 Å². The largest absolute Gasteiger partial charge is 0.368 e. The third-order valence-electron chi connectivity index (χ3n) is 3.43. The maximum Gasteiger partial charge on any atom is 0.220 e. The first kappa shape index (κ1) is 15.4. The van der Waals surface area contributed by atoms with Crippen molar-refractivity contribution in [2.24, 2.45) is 0 Å².